The van der Waals surface area contributed by atoms with Gasteiger partial charge in [0.1, 0.15) is 0 Å². The number of nitrogens with one attached hydrogen (secondary N) is 1. The topological polar surface area (TPSA) is 53.4 Å². The summed E-state index contributed by atoms with van der Waals surface area (Å²) in [5.41, 5.74) is 2.60. The molecule has 1 atom stereocenters. The Kier molecular flexibility index (Phi) is 6.87. The van der Waals surface area contributed by atoms with Gasteiger partial charge in [0.15, 0.2) is 0 Å². The Morgan fingerprint density at radius 3 is 2.74 bits per heavy atom. The van der Waals surface area contributed by atoms with Crippen molar-refractivity contribution in [2.45, 2.75) is 39.3 Å². The second kappa shape index (κ2) is 9.55. The van der Waals surface area contributed by atoms with Crippen LogP contribution in [-0.2, 0) is 11.3 Å². The summed E-state index contributed by atoms with van der Waals surface area (Å²) in [5, 5.41) is 3.16. The summed E-state index contributed by atoms with van der Waals surface area (Å²) < 4.78 is 2.01. The standard InChI is InChI=1S/C21H31N5O/c1-3-19(16-25-10-8-22-17-25)23-21(27)7-9-24-11-13-26(14-12-24)20-6-4-5-18(2)15-20/h4-6,8,10,15,17,19H,3,7,9,11-14,16H2,1-2H3,(H,23,27). The Hall–Kier alpha value is -2.34. The molecule has 0 bridgehead atoms. The number of imidazole rings is 1. The molecule has 1 aliphatic heterocycles. The van der Waals surface area contributed by atoms with Crippen LogP contribution in [0.15, 0.2) is 43.0 Å². The number of anilines is 1. The molecule has 1 aromatic carbocycles. The largest absolute Gasteiger partial charge is 0.369 e. The summed E-state index contributed by atoms with van der Waals surface area (Å²) in [4.78, 5) is 21.2. The van der Waals surface area contributed by atoms with Crippen LogP contribution in [0.25, 0.3) is 0 Å². The molecule has 1 N–H and O–H groups in total. The molecular weight excluding hydrogens is 338 g/mol. The van der Waals surface area contributed by atoms with Crippen LogP contribution in [0.5, 0.6) is 0 Å². The molecule has 1 saturated heterocycles. The van der Waals surface area contributed by atoms with Gasteiger partial charge in [-0.05, 0) is 31.0 Å². The molecule has 2 heterocycles. The molecule has 6 nitrogen and oxygen atoms in total. The van der Waals surface area contributed by atoms with Gasteiger partial charge < -0.3 is 14.8 Å². The molecule has 0 aliphatic carbocycles. The number of amides is 1. The summed E-state index contributed by atoms with van der Waals surface area (Å²) in [6, 6.07) is 8.84. The van der Waals surface area contributed by atoms with E-state index < -0.39 is 0 Å². The second-order valence-corrected chi connectivity index (χ2v) is 7.35. The van der Waals surface area contributed by atoms with Crippen LogP contribution in [0.1, 0.15) is 25.3 Å². The highest BCUT2D eigenvalue weighted by Gasteiger charge is 2.18. The highest BCUT2D eigenvalue weighted by Crippen LogP contribution is 2.17. The van der Waals surface area contributed by atoms with E-state index in [1.807, 2.05) is 10.8 Å². The normalized spacial score (nSPS) is 16.3. The van der Waals surface area contributed by atoms with Crippen LogP contribution in [0.4, 0.5) is 5.69 Å². The van der Waals surface area contributed by atoms with Gasteiger partial charge >= 0.3 is 0 Å². The minimum absolute atomic E-state index is 0.142. The molecule has 27 heavy (non-hydrogen) atoms. The lowest BCUT2D eigenvalue weighted by Gasteiger charge is -2.36. The van der Waals surface area contributed by atoms with Crippen LogP contribution in [-0.4, -0.2) is 59.1 Å². The second-order valence-electron chi connectivity index (χ2n) is 7.35. The van der Waals surface area contributed by atoms with Crippen LogP contribution < -0.4 is 10.2 Å². The number of carbonyl (C=O) groups is 1. The summed E-state index contributed by atoms with van der Waals surface area (Å²) in [7, 11) is 0. The maximum absolute atomic E-state index is 12.3. The van der Waals surface area contributed by atoms with E-state index in [0.717, 1.165) is 45.7 Å². The first-order chi connectivity index (χ1) is 13.1. The third-order valence-corrected chi connectivity index (χ3v) is 5.24. The predicted octanol–water partition coefficient (Wildman–Crippen LogP) is 2.30. The lowest BCUT2D eigenvalue weighted by molar-refractivity contribution is -0.122. The molecule has 3 rings (SSSR count). The maximum Gasteiger partial charge on any atom is 0.221 e. The summed E-state index contributed by atoms with van der Waals surface area (Å²) in [6.45, 7) is 9.89. The lowest BCUT2D eigenvalue weighted by Crippen LogP contribution is -2.47. The smallest absolute Gasteiger partial charge is 0.221 e. The molecule has 6 heteroatoms. The van der Waals surface area contributed by atoms with E-state index in [9.17, 15) is 4.79 Å². The monoisotopic (exact) mass is 369 g/mol. The van der Waals surface area contributed by atoms with Gasteiger partial charge in [-0.25, -0.2) is 4.98 Å². The Morgan fingerprint density at radius 2 is 2.07 bits per heavy atom. The number of benzene rings is 1. The fourth-order valence-corrected chi connectivity index (χ4v) is 3.54. The number of hydrogen-bond acceptors (Lipinski definition) is 4. The molecule has 1 aliphatic rings. The van der Waals surface area contributed by atoms with E-state index in [1.54, 1.807) is 12.5 Å². The van der Waals surface area contributed by atoms with Gasteiger partial charge in [-0.15, -0.1) is 0 Å². The number of aryl methyl sites for hydroxylation is 1. The molecule has 1 fully saturated rings. The molecular formula is C21H31N5O. The number of carbonyl (C=O) groups excluding carboxylic acids is 1. The van der Waals surface area contributed by atoms with E-state index in [4.69, 9.17) is 0 Å². The van der Waals surface area contributed by atoms with Crippen molar-refractivity contribution in [2.24, 2.45) is 0 Å². The van der Waals surface area contributed by atoms with Crippen molar-refractivity contribution in [2.75, 3.05) is 37.6 Å². The number of nitrogens with zero attached hydrogens (tertiary/aromatic N) is 4. The van der Waals surface area contributed by atoms with Crippen molar-refractivity contribution in [3.05, 3.63) is 48.5 Å². The average Bonchev–Trinajstić information content (AvgIpc) is 3.19. The number of aromatic nitrogens is 2. The minimum Gasteiger partial charge on any atom is -0.369 e. The zero-order valence-electron chi connectivity index (χ0n) is 16.5. The van der Waals surface area contributed by atoms with E-state index in [1.165, 1.54) is 11.3 Å². The van der Waals surface area contributed by atoms with E-state index in [-0.39, 0.29) is 11.9 Å². The Bertz CT molecular complexity index is 707. The number of piperazine rings is 1. The van der Waals surface area contributed by atoms with Crippen molar-refractivity contribution in [1.82, 2.24) is 19.8 Å². The van der Waals surface area contributed by atoms with E-state index in [0.29, 0.717) is 6.42 Å². The maximum atomic E-state index is 12.3. The van der Waals surface area contributed by atoms with E-state index >= 15 is 0 Å². The Morgan fingerprint density at radius 1 is 1.26 bits per heavy atom. The highest BCUT2D eigenvalue weighted by atomic mass is 16.1. The van der Waals surface area contributed by atoms with Gasteiger partial charge in [0.2, 0.25) is 5.91 Å². The third kappa shape index (κ3) is 5.82. The molecule has 0 radical (unpaired) electrons. The van der Waals surface area contributed by atoms with Crippen molar-refractivity contribution in [3.8, 4) is 0 Å². The highest BCUT2D eigenvalue weighted by molar-refractivity contribution is 5.76. The van der Waals surface area contributed by atoms with E-state index in [2.05, 4.69) is 58.2 Å². The van der Waals surface area contributed by atoms with Crippen LogP contribution >= 0.6 is 0 Å². The molecule has 0 spiro atoms. The molecule has 0 saturated carbocycles. The molecule has 2 aromatic rings. The number of rotatable bonds is 8. The van der Waals surface area contributed by atoms with Crippen LogP contribution in [0.2, 0.25) is 0 Å². The van der Waals surface area contributed by atoms with Gasteiger partial charge in [0.05, 0.1) is 6.33 Å². The van der Waals surface area contributed by atoms with Crippen molar-refractivity contribution >= 4 is 11.6 Å². The summed E-state index contributed by atoms with van der Waals surface area (Å²) in [6.07, 6.45) is 6.97. The van der Waals surface area contributed by atoms with Gasteiger partial charge in [-0.2, -0.15) is 0 Å². The summed E-state index contributed by atoms with van der Waals surface area (Å²) >= 11 is 0. The SMILES string of the molecule is CCC(Cn1ccnc1)NC(=O)CCN1CCN(c2cccc(C)c2)CC1. The van der Waals surface area contributed by atoms with Crippen molar-refractivity contribution in [3.63, 3.8) is 0 Å². The van der Waals surface area contributed by atoms with Crippen LogP contribution in [0.3, 0.4) is 0 Å². The molecule has 1 unspecified atom stereocenters. The minimum atomic E-state index is 0.142. The van der Waals surface area contributed by atoms with Gasteiger partial charge in [-0.3, -0.25) is 9.69 Å². The molecule has 146 valence electrons. The van der Waals surface area contributed by atoms with Crippen molar-refractivity contribution < 1.29 is 4.79 Å². The first kappa shape index (κ1) is 19.4. The molecule has 1 aromatic heterocycles. The fourth-order valence-electron chi connectivity index (χ4n) is 3.54. The lowest BCUT2D eigenvalue weighted by atomic mass is 10.2. The zero-order chi connectivity index (χ0) is 19.1. The average molecular weight is 370 g/mol. The van der Waals surface area contributed by atoms with Crippen LogP contribution in [0, 0.1) is 6.92 Å². The summed E-state index contributed by atoms with van der Waals surface area (Å²) in [5.74, 6) is 0.142. The van der Waals surface area contributed by atoms with Crippen molar-refractivity contribution in [1.29, 1.82) is 0 Å². The zero-order valence-corrected chi connectivity index (χ0v) is 16.5. The third-order valence-electron chi connectivity index (χ3n) is 5.24. The first-order valence-corrected chi connectivity index (χ1v) is 9.93. The number of hydrogen-bond donors (Lipinski definition) is 1. The molecule has 1 amide bonds. The predicted molar refractivity (Wildman–Crippen MR) is 109 cm³/mol. The Balaban J connectivity index is 1.38. The van der Waals surface area contributed by atoms with Gasteiger partial charge in [0.25, 0.3) is 0 Å². The first-order valence-electron chi connectivity index (χ1n) is 9.93. The fraction of sp³-hybridized carbons (Fsp3) is 0.524. The van der Waals surface area contributed by atoms with Gasteiger partial charge in [-0.1, -0.05) is 19.1 Å². The Labute approximate surface area is 162 Å². The van der Waals surface area contributed by atoms with Gasteiger partial charge in [0, 0.05) is 69.8 Å². The quantitative estimate of drug-likeness (QED) is 0.776.